The molecule has 0 fully saturated rings. The predicted octanol–water partition coefficient (Wildman–Crippen LogP) is 1.67. The van der Waals surface area contributed by atoms with Crippen molar-refractivity contribution in [2.75, 3.05) is 40.5 Å². The van der Waals surface area contributed by atoms with E-state index >= 15 is 0 Å². The van der Waals surface area contributed by atoms with E-state index in [4.69, 9.17) is 14.2 Å². The molecule has 0 radical (unpaired) electrons. The Hall–Kier alpha value is -1.56. The normalized spacial score (nSPS) is 16.2. The molecule has 0 unspecified atom stereocenters. The summed E-state index contributed by atoms with van der Waals surface area (Å²) in [7, 11) is 3.20. The smallest absolute Gasteiger partial charge is 0.124 e. The molecular formula is C16H23NO4. The molecular weight excluding hydrogens is 270 g/mol. The molecule has 5 nitrogen and oxygen atoms in total. The van der Waals surface area contributed by atoms with Crippen LogP contribution in [0.3, 0.4) is 0 Å². The molecule has 5 heteroatoms. The Balaban J connectivity index is 1.92. The molecule has 1 aromatic carbocycles. The molecule has 1 atom stereocenters. The molecule has 0 aromatic heterocycles. The lowest BCUT2D eigenvalue weighted by Gasteiger charge is -2.18. The first-order chi connectivity index (χ1) is 10.2. The molecule has 1 aliphatic heterocycles. The van der Waals surface area contributed by atoms with E-state index in [0.717, 1.165) is 25.1 Å². The Kier molecular flexibility index (Phi) is 6.04. The molecule has 2 rings (SSSR count). The Labute approximate surface area is 125 Å². The van der Waals surface area contributed by atoms with E-state index < -0.39 is 6.10 Å². The second-order valence-corrected chi connectivity index (χ2v) is 4.96. The van der Waals surface area contributed by atoms with Gasteiger partial charge in [-0.1, -0.05) is 6.08 Å². The summed E-state index contributed by atoms with van der Waals surface area (Å²) < 4.78 is 15.9. The van der Waals surface area contributed by atoms with Crippen LogP contribution in [0.2, 0.25) is 0 Å². The standard InChI is InChI=1S/C16H23NO4/c1-19-13-5-6-16(20-2)14(8-13)15(18)10-17-9-12-4-3-7-21-11-12/h4-6,8,15,17-18H,3,7,9-11H2,1-2H3/t15-/m1/s1. The lowest BCUT2D eigenvalue weighted by atomic mass is 10.1. The van der Waals surface area contributed by atoms with E-state index in [2.05, 4.69) is 11.4 Å². The summed E-state index contributed by atoms with van der Waals surface area (Å²) in [6.07, 6.45) is 2.50. The number of aliphatic hydroxyl groups excluding tert-OH is 1. The summed E-state index contributed by atoms with van der Waals surface area (Å²) in [6.45, 7) is 2.64. The van der Waals surface area contributed by atoms with Crippen molar-refractivity contribution in [1.82, 2.24) is 5.32 Å². The van der Waals surface area contributed by atoms with Crippen LogP contribution in [-0.4, -0.2) is 45.6 Å². The molecule has 0 aliphatic carbocycles. The van der Waals surface area contributed by atoms with Crippen LogP contribution in [0.5, 0.6) is 11.5 Å². The molecule has 0 amide bonds. The highest BCUT2D eigenvalue weighted by Gasteiger charge is 2.14. The quantitative estimate of drug-likeness (QED) is 0.749. The zero-order chi connectivity index (χ0) is 15.1. The predicted molar refractivity (Wildman–Crippen MR) is 80.9 cm³/mol. The summed E-state index contributed by atoms with van der Waals surface area (Å²) in [5.74, 6) is 1.36. The van der Waals surface area contributed by atoms with E-state index in [9.17, 15) is 5.11 Å². The van der Waals surface area contributed by atoms with E-state index in [0.29, 0.717) is 24.7 Å². The van der Waals surface area contributed by atoms with E-state index in [1.807, 2.05) is 6.07 Å². The minimum absolute atomic E-state index is 0.445. The molecule has 1 heterocycles. The SMILES string of the molecule is COc1ccc(OC)c([C@H](O)CNCC2=CCCOC2)c1. The van der Waals surface area contributed by atoms with Gasteiger partial charge in [-0.05, 0) is 30.2 Å². The van der Waals surface area contributed by atoms with Crippen molar-refractivity contribution in [2.24, 2.45) is 0 Å². The Morgan fingerprint density at radius 2 is 2.19 bits per heavy atom. The number of ether oxygens (including phenoxy) is 3. The summed E-state index contributed by atoms with van der Waals surface area (Å²) in [5, 5.41) is 13.6. The summed E-state index contributed by atoms with van der Waals surface area (Å²) in [5.41, 5.74) is 1.95. The number of nitrogens with one attached hydrogen (secondary N) is 1. The van der Waals surface area contributed by atoms with Gasteiger partial charge in [0.05, 0.1) is 33.5 Å². The lowest BCUT2D eigenvalue weighted by molar-refractivity contribution is 0.146. The third-order valence-electron chi connectivity index (χ3n) is 3.47. The minimum Gasteiger partial charge on any atom is -0.497 e. The largest absolute Gasteiger partial charge is 0.497 e. The monoisotopic (exact) mass is 293 g/mol. The molecule has 0 spiro atoms. The maximum Gasteiger partial charge on any atom is 0.124 e. The number of hydrogen-bond acceptors (Lipinski definition) is 5. The molecule has 1 aliphatic rings. The third-order valence-corrected chi connectivity index (χ3v) is 3.47. The van der Waals surface area contributed by atoms with Gasteiger partial charge in [-0.2, -0.15) is 0 Å². The fourth-order valence-electron chi connectivity index (χ4n) is 2.31. The Morgan fingerprint density at radius 1 is 1.33 bits per heavy atom. The van der Waals surface area contributed by atoms with Gasteiger partial charge in [-0.15, -0.1) is 0 Å². The fraction of sp³-hybridized carbons (Fsp3) is 0.500. The van der Waals surface area contributed by atoms with Crippen molar-refractivity contribution in [2.45, 2.75) is 12.5 Å². The van der Waals surface area contributed by atoms with Crippen LogP contribution in [0.15, 0.2) is 29.8 Å². The molecule has 1 aromatic rings. The summed E-state index contributed by atoms with van der Waals surface area (Å²) >= 11 is 0. The van der Waals surface area contributed by atoms with E-state index in [1.165, 1.54) is 5.57 Å². The van der Waals surface area contributed by atoms with Gasteiger partial charge >= 0.3 is 0 Å². The van der Waals surface area contributed by atoms with Crippen LogP contribution in [0.25, 0.3) is 0 Å². The molecule has 0 saturated heterocycles. The number of rotatable bonds is 7. The second-order valence-electron chi connectivity index (χ2n) is 4.96. The number of hydrogen-bond donors (Lipinski definition) is 2. The third kappa shape index (κ3) is 4.46. The highest BCUT2D eigenvalue weighted by molar-refractivity contribution is 5.41. The zero-order valence-corrected chi connectivity index (χ0v) is 12.6. The summed E-state index contributed by atoms with van der Waals surface area (Å²) in [4.78, 5) is 0. The van der Waals surface area contributed by atoms with Crippen LogP contribution < -0.4 is 14.8 Å². The van der Waals surface area contributed by atoms with Crippen molar-refractivity contribution in [3.05, 3.63) is 35.4 Å². The first kappa shape index (κ1) is 15.8. The lowest BCUT2D eigenvalue weighted by Crippen LogP contribution is -2.26. The topological polar surface area (TPSA) is 60.0 Å². The number of benzene rings is 1. The van der Waals surface area contributed by atoms with Crippen LogP contribution in [0, 0.1) is 0 Å². The molecule has 2 N–H and O–H groups in total. The van der Waals surface area contributed by atoms with Gasteiger partial charge in [0.15, 0.2) is 0 Å². The van der Waals surface area contributed by atoms with Crippen molar-refractivity contribution in [1.29, 1.82) is 0 Å². The Bertz CT molecular complexity index is 487. The van der Waals surface area contributed by atoms with Crippen molar-refractivity contribution >= 4 is 0 Å². The van der Waals surface area contributed by atoms with Crippen LogP contribution >= 0.6 is 0 Å². The van der Waals surface area contributed by atoms with Crippen molar-refractivity contribution < 1.29 is 19.3 Å². The van der Waals surface area contributed by atoms with Crippen LogP contribution in [0.4, 0.5) is 0 Å². The van der Waals surface area contributed by atoms with Gasteiger partial charge < -0.3 is 24.6 Å². The van der Waals surface area contributed by atoms with Gasteiger partial charge in [-0.25, -0.2) is 0 Å². The maximum atomic E-state index is 10.3. The zero-order valence-electron chi connectivity index (χ0n) is 12.6. The van der Waals surface area contributed by atoms with Crippen LogP contribution in [-0.2, 0) is 4.74 Å². The van der Waals surface area contributed by atoms with Gasteiger partial charge in [0.2, 0.25) is 0 Å². The molecule has 21 heavy (non-hydrogen) atoms. The van der Waals surface area contributed by atoms with Gasteiger partial charge in [-0.3, -0.25) is 0 Å². The first-order valence-electron chi connectivity index (χ1n) is 7.11. The molecule has 116 valence electrons. The van der Waals surface area contributed by atoms with Crippen molar-refractivity contribution in [3.8, 4) is 11.5 Å². The average molecular weight is 293 g/mol. The first-order valence-corrected chi connectivity index (χ1v) is 7.11. The highest BCUT2D eigenvalue weighted by Crippen LogP contribution is 2.29. The minimum atomic E-state index is -0.653. The summed E-state index contributed by atoms with van der Waals surface area (Å²) in [6, 6.07) is 5.41. The second kappa shape index (κ2) is 8.02. The highest BCUT2D eigenvalue weighted by atomic mass is 16.5. The van der Waals surface area contributed by atoms with E-state index in [1.54, 1.807) is 26.4 Å². The molecule has 0 saturated carbocycles. The average Bonchev–Trinajstić information content (AvgIpc) is 2.55. The van der Waals surface area contributed by atoms with Gasteiger partial charge in [0.25, 0.3) is 0 Å². The number of aliphatic hydroxyl groups is 1. The van der Waals surface area contributed by atoms with E-state index in [-0.39, 0.29) is 0 Å². The number of methoxy groups -OCH3 is 2. The van der Waals surface area contributed by atoms with Crippen molar-refractivity contribution in [3.63, 3.8) is 0 Å². The Morgan fingerprint density at radius 3 is 2.86 bits per heavy atom. The van der Waals surface area contributed by atoms with Gasteiger partial charge in [0.1, 0.15) is 11.5 Å². The fourth-order valence-corrected chi connectivity index (χ4v) is 2.31. The molecule has 0 bridgehead atoms. The maximum absolute atomic E-state index is 10.3. The van der Waals surface area contributed by atoms with Crippen LogP contribution in [0.1, 0.15) is 18.1 Å². The van der Waals surface area contributed by atoms with Gasteiger partial charge in [0, 0.05) is 18.7 Å².